The highest BCUT2D eigenvalue weighted by Gasteiger charge is 2.06. The Morgan fingerprint density at radius 1 is 1.44 bits per heavy atom. The molecule has 0 aliphatic carbocycles. The molecule has 2 aromatic rings. The first-order chi connectivity index (χ1) is 8.74. The van der Waals surface area contributed by atoms with Crippen molar-refractivity contribution < 1.29 is 9.90 Å². The van der Waals surface area contributed by atoms with Crippen molar-refractivity contribution in [1.82, 2.24) is 9.88 Å². The van der Waals surface area contributed by atoms with Crippen molar-refractivity contribution in [2.45, 2.75) is 13.2 Å². The topological polar surface area (TPSA) is 78.0 Å². The lowest BCUT2D eigenvalue weighted by Gasteiger charge is -2.05. The standard InChI is InChI=1S/C13H13N3O2/c14-4-5-15-13(18)8-16-6-3-11-2-1-10(9-17)7-12(11)16/h1-3,6-7,17H,5,8-9H2,(H,15,18). The molecule has 0 spiro atoms. The lowest BCUT2D eigenvalue weighted by atomic mass is 10.2. The first kappa shape index (κ1) is 12.1. The van der Waals surface area contributed by atoms with Gasteiger partial charge in [0.25, 0.3) is 0 Å². The summed E-state index contributed by atoms with van der Waals surface area (Å²) in [4.78, 5) is 11.5. The van der Waals surface area contributed by atoms with Crippen LogP contribution in [-0.2, 0) is 17.9 Å². The van der Waals surface area contributed by atoms with Gasteiger partial charge in [0, 0.05) is 11.7 Å². The number of aromatic nitrogens is 1. The van der Waals surface area contributed by atoms with E-state index in [4.69, 9.17) is 10.4 Å². The zero-order valence-electron chi connectivity index (χ0n) is 9.76. The molecule has 1 aromatic carbocycles. The van der Waals surface area contributed by atoms with Crippen LogP contribution in [0.15, 0.2) is 30.5 Å². The summed E-state index contributed by atoms with van der Waals surface area (Å²) in [6.45, 7) is 0.154. The molecule has 0 bridgehead atoms. The number of nitrogens with zero attached hydrogens (tertiary/aromatic N) is 2. The van der Waals surface area contributed by atoms with Crippen molar-refractivity contribution in [3.8, 4) is 6.07 Å². The van der Waals surface area contributed by atoms with E-state index in [0.717, 1.165) is 16.5 Å². The average Bonchev–Trinajstić information content (AvgIpc) is 2.78. The Balaban J connectivity index is 2.23. The number of nitrogens with one attached hydrogen (secondary N) is 1. The third-order valence-electron chi connectivity index (χ3n) is 2.70. The predicted octanol–water partition coefficient (Wildman–Crippen LogP) is 0.773. The summed E-state index contributed by atoms with van der Waals surface area (Å²) < 4.78 is 1.79. The van der Waals surface area contributed by atoms with Crippen molar-refractivity contribution in [2.24, 2.45) is 0 Å². The number of rotatable bonds is 4. The minimum atomic E-state index is -0.205. The van der Waals surface area contributed by atoms with Crippen molar-refractivity contribution >= 4 is 16.8 Å². The fraction of sp³-hybridized carbons (Fsp3) is 0.231. The van der Waals surface area contributed by atoms with E-state index in [2.05, 4.69) is 5.32 Å². The van der Waals surface area contributed by atoms with Gasteiger partial charge in [-0.1, -0.05) is 12.1 Å². The fourth-order valence-electron chi connectivity index (χ4n) is 1.81. The summed E-state index contributed by atoms with van der Waals surface area (Å²) in [6.07, 6.45) is 1.82. The average molecular weight is 243 g/mol. The number of amides is 1. The van der Waals surface area contributed by atoms with Crippen LogP contribution >= 0.6 is 0 Å². The van der Waals surface area contributed by atoms with Gasteiger partial charge in [0.05, 0.1) is 12.7 Å². The van der Waals surface area contributed by atoms with Crippen molar-refractivity contribution in [1.29, 1.82) is 5.26 Å². The van der Waals surface area contributed by atoms with Crippen LogP contribution in [0.4, 0.5) is 0 Å². The molecule has 0 saturated heterocycles. The monoisotopic (exact) mass is 243 g/mol. The molecule has 0 atom stereocenters. The predicted molar refractivity (Wildman–Crippen MR) is 66.5 cm³/mol. The van der Waals surface area contributed by atoms with E-state index in [9.17, 15) is 4.79 Å². The minimum absolute atomic E-state index is 0.0138. The van der Waals surface area contributed by atoms with Crippen molar-refractivity contribution in [3.63, 3.8) is 0 Å². The number of carbonyl (C=O) groups excluding carboxylic acids is 1. The molecule has 1 aromatic heterocycles. The summed E-state index contributed by atoms with van der Waals surface area (Å²) in [5, 5.41) is 21.0. The van der Waals surface area contributed by atoms with Crippen LogP contribution in [0, 0.1) is 11.3 Å². The number of fused-ring (bicyclic) bond motifs is 1. The summed E-state index contributed by atoms with van der Waals surface area (Å²) in [5.41, 5.74) is 1.70. The maximum atomic E-state index is 11.5. The lowest BCUT2D eigenvalue weighted by molar-refractivity contribution is -0.121. The van der Waals surface area contributed by atoms with Gasteiger partial charge in [0.15, 0.2) is 0 Å². The maximum absolute atomic E-state index is 11.5. The number of hydrogen-bond donors (Lipinski definition) is 2. The molecule has 0 aliphatic heterocycles. The smallest absolute Gasteiger partial charge is 0.240 e. The van der Waals surface area contributed by atoms with Crippen LogP contribution in [0.1, 0.15) is 5.56 Å². The second-order valence-corrected chi connectivity index (χ2v) is 3.93. The molecule has 18 heavy (non-hydrogen) atoms. The quantitative estimate of drug-likeness (QED) is 0.779. The van der Waals surface area contributed by atoms with Gasteiger partial charge in [0.2, 0.25) is 5.91 Å². The summed E-state index contributed by atoms with van der Waals surface area (Å²) >= 11 is 0. The van der Waals surface area contributed by atoms with Crippen molar-refractivity contribution in [3.05, 3.63) is 36.0 Å². The van der Waals surface area contributed by atoms with Gasteiger partial charge in [-0.3, -0.25) is 4.79 Å². The maximum Gasteiger partial charge on any atom is 0.240 e. The molecule has 0 fully saturated rings. The van der Waals surface area contributed by atoms with Gasteiger partial charge >= 0.3 is 0 Å². The molecule has 92 valence electrons. The Morgan fingerprint density at radius 2 is 2.28 bits per heavy atom. The largest absolute Gasteiger partial charge is 0.392 e. The molecule has 5 nitrogen and oxygen atoms in total. The third-order valence-corrected chi connectivity index (χ3v) is 2.70. The Hall–Kier alpha value is -2.32. The van der Waals surface area contributed by atoms with E-state index in [1.165, 1.54) is 0 Å². The normalized spacial score (nSPS) is 10.2. The Labute approximate surface area is 104 Å². The zero-order valence-corrected chi connectivity index (χ0v) is 9.76. The zero-order chi connectivity index (χ0) is 13.0. The van der Waals surface area contributed by atoms with Crippen LogP contribution in [-0.4, -0.2) is 22.1 Å². The van der Waals surface area contributed by atoms with E-state index >= 15 is 0 Å². The van der Waals surface area contributed by atoms with Gasteiger partial charge in [0.1, 0.15) is 13.1 Å². The van der Waals surface area contributed by atoms with E-state index < -0.39 is 0 Å². The van der Waals surface area contributed by atoms with Crippen LogP contribution in [0.25, 0.3) is 10.9 Å². The van der Waals surface area contributed by atoms with Crippen molar-refractivity contribution in [2.75, 3.05) is 6.54 Å². The van der Waals surface area contributed by atoms with E-state index in [-0.39, 0.29) is 25.6 Å². The SMILES string of the molecule is N#CCNC(=O)Cn1ccc2ccc(CO)cc21. The summed E-state index contributed by atoms with van der Waals surface area (Å²) in [7, 11) is 0. The van der Waals surface area contributed by atoms with Crippen LogP contribution in [0.3, 0.4) is 0 Å². The third kappa shape index (κ3) is 2.50. The van der Waals surface area contributed by atoms with E-state index in [0.29, 0.717) is 0 Å². The van der Waals surface area contributed by atoms with Crippen LogP contribution < -0.4 is 5.32 Å². The van der Waals surface area contributed by atoms with Gasteiger partial charge in [-0.2, -0.15) is 5.26 Å². The molecule has 0 unspecified atom stereocenters. The molecular formula is C13H13N3O2. The number of hydrogen-bond acceptors (Lipinski definition) is 3. The molecule has 1 amide bonds. The second-order valence-electron chi connectivity index (χ2n) is 3.93. The van der Waals surface area contributed by atoms with Gasteiger partial charge in [-0.15, -0.1) is 0 Å². The number of benzene rings is 1. The highest BCUT2D eigenvalue weighted by Crippen LogP contribution is 2.17. The number of aliphatic hydroxyl groups excluding tert-OH is 1. The highest BCUT2D eigenvalue weighted by molar-refractivity contribution is 5.83. The number of carbonyl (C=O) groups is 1. The van der Waals surface area contributed by atoms with Gasteiger partial charge < -0.3 is 15.0 Å². The van der Waals surface area contributed by atoms with E-state index in [1.54, 1.807) is 4.57 Å². The minimum Gasteiger partial charge on any atom is -0.392 e. The van der Waals surface area contributed by atoms with Gasteiger partial charge in [-0.05, 0) is 23.1 Å². The molecule has 2 N–H and O–H groups in total. The molecule has 2 rings (SSSR count). The molecule has 1 heterocycles. The summed E-state index contributed by atoms with van der Waals surface area (Å²) in [6, 6.07) is 9.38. The second kappa shape index (κ2) is 5.34. The number of nitriles is 1. The molecular weight excluding hydrogens is 230 g/mol. The number of aliphatic hydroxyl groups is 1. The van der Waals surface area contributed by atoms with Crippen LogP contribution in [0.5, 0.6) is 0 Å². The van der Waals surface area contributed by atoms with Gasteiger partial charge in [-0.25, -0.2) is 0 Å². The lowest BCUT2D eigenvalue weighted by Crippen LogP contribution is -2.27. The summed E-state index contributed by atoms with van der Waals surface area (Å²) in [5.74, 6) is -0.205. The fourth-order valence-corrected chi connectivity index (χ4v) is 1.81. The Kier molecular flexibility index (Phi) is 3.60. The highest BCUT2D eigenvalue weighted by atomic mass is 16.3. The molecule has 5 heteroatoms. The van der Waals surface area contributed by atoms with E-state index in [1.807, 2.05) is 36.5 Å². The molecule has 0 radical (unpaired) electrons. The molecule has 0 saturated carbocycles. The molecule has 0 aliphatic rings. The first-order valence-electron chi connectivity index (χ1n) is 5.57. The first-order valence-corrected chi connectivity index (χ1v) is 5.57. The Morgan fingerprint density at radius 3 is 3.00 bits per heavy atom. The van der Waals surface area contributed by atoms with Crippen LogP contribution in [0.2, 0.25) is 0 Å². The Bertz CT molecular complexity index is 610.